The molecular weight excluding hydrogens is 370 g/mol. The minimum atomic E-state index is -0.947. The highest BCUT2D eigenvalue weighted by Crippen LogP contribution is 2.27. The van der Waals surface area contributed by atoms with E-state index in [9.17, 15) is 9.59 Å². The summed E-state index contributed by atoms with van der Waals surface area (Å²) in [4.78, 5) is 24.4. The van der Waals surface area contributed by atoms with Crippen LogP contribution in [0.5, 0.6) is 5.75 Å². The van der Waals surface area contributed by atoms with Crippen LogP contribution in [-0.4, -0.2) is 34.9 Å². The van der Waals surface area contributed by atoms with Gasteiger partial charge in [0.15, 0.2) is 6.10 Å². The number of rotatable bonds is 7. The molecule has 0 saturated heterocycles. The molecule has 1 heterocycles. The summed E-state index contributed by atoms with van der Waals surface area (Å²) in [5.74, 6) is -0.440. The number of nitrogens with zero attached hydrogens (tertiary/aromatic N) is 2. The zero-order valence-corrected chi connectivity index (χ0v) is 16.9. The molecule has 146 valence electrons. The smallest absolute Gasteiger partial charge is 0.306 e. The molecule has 0 aliphatic rings. The van der Waals surface area contributed by atoms with E-state index in [0.29, 0.717) is 22.9 Å². The highest BCUT2D eigenvalue weighted by molar-refractivity contribution is 6.31. The maximum atomic E-state index is 12.3. The van der Waals surface area contributed by atoms with Crippen LogP contribution in [0.1, 0.15) is 30.3 Å². The molecule has 0 saturated carbocycles. The van der Waals surface area contributed by atoms with Gasteiger partial charge in [0.2, 0.25) is 0 Å². The number of hydrogen-bond donors (Lipinski definition) is 1. The van der Waals surface area contributed by atoms with Crippen LogP contribution in [0.4, 0.5) is 5.69 Å². The fraction of sp³-hybridized carbons (Fsp3) is 0.421. The minimum Gasteiger partial charge on any atom is -0.495 e. The molecule has 0 bridgehead atoms. The van der Waals surface area contributed by atoms with Gasteiger partial charge in [-0.3, -0.25) is 14.3 Å². The summed E-state index contributed by atoms with van der Waals surface area (Å²) in [6.45, 7) is 5.38. The van der Waals surface area contributed by atoms with Gasteiger partial charge in [0, 0.05) is 24.2 Å². The van der Waals surface area contributed by atoms with E-state index in [1.807, 2.05) is 20.9 Å². The summed E-state index contributed by atoms with van der Waals surface area (Å²) in [5, 5.41) is 7.45. The minimum absolute atomic E-state index is 0.172. The molecular formula is C19H24ClN3O4. The topological polar surface area (TPSA) is 82.4 Å². The van der Waals surface area contributed by atoms with Crippen molar-refractivity contribution in [1.82, 2.24) is 9.78 Å². The summed E-state index contributed by atoms with van der Waals surface area (Å²) in [6, 6.07) is 4.87. The Morgan fingerprint density at radius 1 is 1.33 bits per heavy atom. The summed E-state index contributed by atoms with van der Waals surface area (Å²) in [5.41, 5.74) is 3.34. The molecule has 0 aliphatic carbocycles. The van der Waals surface area contributed by atoms with Crippen LogP contribution < -0.4 is 10.1 Å². The Bertz CT molecular complexity index is 848. The first kappa shape index (κ1) is 20.8. The van der Waals surface area contributed by atoms with E-state index in [4.69, 9.17) is 21.1 Å². The van der Waals surface area contributed by atoms with E-state index < -0.39 is 18.0 Å². The lowest BCUT2D eigenvalue weighted by molar-refractivity contribution is -0.153. The van der Waals surface area contributed by atoms with Crippen LogP contribution >= 0.6 is 11.6 Å². The number of benzene rings is 1. The fourth-order valence-electron chi connectivity index (χ4n) is 2.73. The van der Waals surface area contributed by atoms with Crippen molar-refractivity contribution in [3.05, 3.63) is 40.2 Å². The van der Waals surface area contributed by atoms with Gasteiger partial charge in [-0.2, -0.15) is 5.10 Å². The summed E-state index contributed by atoms with van der Waals surface area (Å²) in [6.07, 6.45) is -0.260. The van der Waals surface area contributed by atoms with Crippen LogP contribution in [0, 0.1) is 13.8 Å². The summed E-state index contributed by atoms with van der Waals surface area (Å²) >= 11 is 5.95. The van der Waals surface area contributed by atoms with E-state index in [0.717, 1.165) is 17.0 Å². The first-order chi connectivity index (χ1) is 12.7. The van der Waals surface area contributed by atoms with Crippen molar-refractivity contribution in [2.45, 2.75) is 39.7 Å². The Balaban J connectivity index is 1.92. The predicted molar refractivity (Wildman–Crippen MR) is 103 cm³/mol. The van der Waals surface area contributed by atoms with Crippen molar-refractivity contribution >= 4 is 29.2 Å². The highest BCUT2D eigenvalue weighted by Gasteiger charge is 2.20. The second kappa shape index (κ2) is 8.90. The van der Waals surface area contributed by atoms with Gasteiger partial charge in [-0.15, -0.1) is 0 Å². The van der Waals surface area contributed by atoms with E-state index in [1.54, 1.807) is 22.9 Å². The molecule has 1 amide bonds. The zero-order valence-electron chi connectivity index (χ0n) is 16.1. The molecule has 1 atom stereocenters. The molecule has 7 nitrogen and oxygen atoms in total. The number of anilines is 1. The average Bonchev–Trinajstić information content (AvgIpc) is 2.85. The van der Waals surface area contributed by atoms with Crippen LogP contribution in [0.15, 0.2) is 18.2 Å². The number of carbonyl (C=O) groups excluding carboxylic acids is 2. The maximum Gasteiger partial charge on any atom is 0.306 e. The standard InChI is InChI=1S/C19H24ClN3O4/c1-11-15(12(2)23(4)22-11)7-9-18(24)27-13(3)19(25)21-16-10-14(20)6-8-17(16)26-5/h6,8,10,13H,7,9H2,1-5H3,(H,21,25). The number of ether oxygens (including phenoxy) is 2. The van der Waals surface area contributed by atoms with Crippen molar-refractivity contribution in [1.29, 1.82) is 0 Å². The Labute approximate surface area is 163 Å². The first-order valence-corrected chi connectivity index (χ1v) is 8.93. The van der Waals surface area contributed by atoms with Gasteiger partial charge in [0.1, 0.15) is 5.75 Å². The zero-order chi connectivity index (χ0) is 20.1. The number of hydrogen-bond acceptors (Lipinski definition) is 5. The van der Waals surface area contributed by atoms with Crippen molar-refractivity contribution < 1.29 is 19.1 Å². The van der Waals surface area contributed by atoms with Crippen LogP contribution in [0.25, 0.3) is 0 Å². The van der Waals surface area contributed by atoms with E-state index in [-0.39, 0.29) is 6.42 Å². The van der Waals surface area contributed by atoms with Crippen molar-refractivity contribution in [2.24, 2.45) is 7.05 Å². The summed E-state index contributed by atoms with van der Waals surface area (Å²) in [7, 11) is 3.35. The van der Waals surface area contributed by atoms with Crippen LogP contribution in [-0.2, 0) is 27.8 Å². The normalized spacial score (nSPS) is 11.8. The SMILES string of the molecule is COc1ccc(Cl)cc1NC(=O)C(C)OC(=O)CCc1c(C)nn(C)c1C. The number of amides is 1. The number of aryl methyl sites for hydroxylation is 2. The van der Waals surface area contributed by atoms with Crippen molar-refractivity contribution in [3.63, 3.8) is 0 Å². The Kier molecular flexibility index (Phi) is 6.85. The largest absolute Gasteiger partial charge is 0.495 e. The number of halogens is 1. The molecule has 1 aromatic carbocycles. The van der Waals surface area contributed by atoms with Crippen molar-refractivity contribution in [2.75, 3.05) is 12.4 Å². The fourth-order valence-corrected chi connectivity index (χ4v) is 2.90. The predicted octanol–water partition coefficient (Wildman–Crippen LogP) is 3.20. The third kappa shape index (κ3) is 5.23. The molecule has 8 heteroatoms. The van der Waals surface area contributed by atoms with Gasteiger partial charge >= 0.3 is 5.97 Å². The van der Waals surface area contributed by atoms with E-state index >= 15 is 0 Å². The molecule has 0 radical (unpaired) electrons. The molecule has 1 aromatic heterocycles. The van der Waals surface area contributed by atoms with Crippen LogP contribution in [0.2, 0.25) is 5.02 Å². The number of esters is 1. The second-order valence-electron chi connectivity index (χ2n) is 6.24. The third-order valence-corrected chi connectivity index (χ3v) is 4.57. The van der Waals surface area contributed by atoms with Gasteiger partial charge in [-0.1, -0.05) is 11.6 Å². The number of aromatic nitrogens is 2. The maximum absolute atomic E-state index is 12.3. The van der Waals surface area contributed by atoms with E-state index in [1.165, 1.54) is 14.0 Å². The molecule has 2 aromatic rings. The monoisotopic (exact) mass is 393 g/mol. The molecule has 0 aliphatic heterocycles. The van der Waals surface area contributed by atoms with E-state index in [2.05, 4.69) is 10.4 Å². The van der Waals surface area contributed by atoms with Gasteiger partial charge < -0.3 is 14.8 Å². The lowest BCUT2D eigenvalue weighted by atomic mass is 10.1. The quantitative estimate of drug-likeness (QED) is 0.730. The number of nitrogens with one attached hydrogen (secondary N) is 1. The lowest BCUT2D eigenvalue weighted by Crippen LogP contribution is -2.30. The average molecular weight is 394 g/mol. The molecule has 0 fully saturated rings. The van der Waals surface area contributed by atoms with Crippen molar-refractivity contribution in [3.8, 4) is 5.75 Å². The Morgan fingerprint density at radius 2 is 2.04 bits per heavy atom. The molecule has 1 N–H and O–H groups in total. The first-order valence-electron chi connectivity index (χ1n) is 8.56. The summed E-state index contributed by atoms with van der Waals surface area (Å²) < 4.78 is 12.2. The second-order valence-corrected chi connectivity index (χ2v) is 6.68. The van der Waals surface area contributed by atoms with Crippen LogP contribution in [0.3, 0.4) is 0 Å². The van der Waals surface area contributed by atoms with Gasteiger partial charge in [-0.05, 0) is 51.0 Å². The number of methoxy groups -OCH3 is 1. The number of carbonyl (C=O) groups is 2. The Hall–Kier alpha value is -2.54. The third-order valence-electron chi connectivity index (χ3n) is 4.33. The molecule has 0 spiro atoms. The Morgan fingerprint density at radius 3 is 2.63 bits per heavy atom. The highest BCUT2D eigenvalue weighted by atomic mass is 35.5. The molecule has 27 heavy (non-hydrogen) atoms. The lowest BCUT2D eigenvalue weighted by Gasteiger charge is -2.15. The van der Waals surface area contributed by atoms with Gasteiger partial charge in [-0.25, -0.2) is 0 Å². The molecule has 1 unspecified atom stereocenters. The van der Waals surface area contributed by atoms with Gasteiger partial charge in [0.25, 0.3) is 5.91 Å². The molecule has 2 rings (SSSR count). The van der Waals surface area contributed by atoms with Gasteiger partial charge in [0.05, 0.1) is 18.5 Å².